The van der Waals surface area contributed by atoms with E-state index in [1.807, 2.05) is 31.2 Å². The van der Waals surface area contributed by atoms with Crippen LogP contribution in [0.5, 0.6) is 5.75 Å². The van der Waals surface area contributed by atoms with Gasteiger partial charge in [0.2, 0.25) is 0 Å². The Balaban J connectivity index is 2.16. The first kappa shape index (κ1) is 14.8. The number of nitro benzene ring substituents is 1. The Kier molecular flexibility index (Phi) is 4.59. The summed E-state index contributed by atoms with van der Waals surface area (Å²) in [6, 6.07) is 11.3. The first-order valence-corrected chi connectivity index (χ1v) is 7.18. The number of nitro groups is 1. The zero-order chi connectivity index (χ0) is 14.7. The number of benzene rings is 2. The van der Waals surface area contributed by atoms with Gasteiger partial charge in [0, 0.05) is 15.2 Å². The van der Waals surface area contributed by atoms with Crippen molar-refractivity contribution in [2.75, 3.05) is 0 Å². The number of hydrogen-bond acceptors (Lipinski definition) is 3. The van der Waals surface area contributed by atoms with Gasteiger partial charge < -0.3 is 4.74 Å². The third-order valence-corrected chi connectivity index (χ3v) is 3.72. The fourth-order valence-corrected chi connectivity index (χ4v) is 2.23. The summed E-state index contributed by atoms with van der Waals surface area (Å²) in [5.41, 5.74) is 2.58. The Morgan fingerprint density at radius 2 is 1.80 bits per heavy atom. The van der Waals surface area contributed by atoms with E-state index in [2.05, 4.69) is 22.6 Å². The SMILES string of the molecule is Cc1cc([N+](=O)[O-])c(C)cc1OCc1ccc(I)cc1. The molecule has 2 aromatic rings. The van der Waals surface area contributed by atoms with E-state index < -0.39 is 0 Å². The number of halogens is 1. The highest BCUT2D eigenvalue weighted by atomic mass is 127. The number of rotatable bonds is 4. The molecule has 0 unspecified atom stereocenters. The average molecular weight is 383 g/mol. The van der Waals surface area contributed by atoms with Crippen LogP contribution >= 0.6 is 22.6 Å². The van der Waals surface area contributed by atoms with Crippen molar-refractivity contribution in [3.63, 3.8) is 0 Å². The van der Waals surface area contributed by atoms with Crippen LogP contribution in [-0.2, 0) is 6.61 Å². The Morgan fingerprint density at radius 3 is 2.40 bits per heavy atom. The van der Waals surface area contributed by atoms with Crippen LogP contribution in [0.2, 0.25) is 0 Å². The lowest BCUT2D eigenvalue weighted by molar-refractivity contribution is -0.385. The topological polar surface area (TPSA) is 52.4 Å². The van der Waals surface area contributed by atoms with E-state index in [4.69, 9.17) is 4.74 Å². The number of aryl methyl sites for hydroxylation is 2. The highest BCUT2D eigenvalue weighted by Gasteiger charge is 2.14. The van der Waals surface area contributed by atoms with Crippen molar-refractivity contribution in [2.45, 2.75) is 20.5 Å². The minimum absolute atomic E-state index is 0.129. The lowest BCUT2D eigenvalue weighted by Gasteiger charge is -2.10. The molecule has 0 spiro atoms. The van der Waals surface area contributed by atoms with Crippen LogP contribution in [0.4, 0.5) is 5.69 Å². The summed E-state index contributed by atoms with van der Waals surface area (Å²) < 4.78 is 6.93. The Bertz CT molecular complexity index is 638. The van der Waals surface area contributed by atoms with Gasteiger partial charge in [-0.05, 0) is 65.8 Å². The van der Waals surface area contributed by atoms with Gasteiger partial charge in [-0.2, -0.15) is 0 Å². The number of ether oxygens (including phenoxy) is 1. The predicted molar refractivity (Wildman–Crippen MR) is 86.1 cm³/mol. The van der Waals surface area contributed by atoms with Crippen LogP contribution in [0, 0.1) is 27.5 Å². The molecule has 0 heterocycles. The van der Waals surface area contributed by atoms with Crippen molar-refractivity contribution >= 4 is 28.3 Å². The van der Waals surface area contributed by atoms with Gasteiger partial charge in [0.05, 0.1) is 4.92 Å². The van der Waals surface area contributed by atoms with E-state index >= 15 is 0 Å². The van der Waals surface area contributed by atoms with Crippen LogP contribution in [0.1, 0.15) is 16.7 Å². The van der Waals surface area contributed by atoms with Crippen molar-refractivity contribution < 1.29 is 9.66 Å². The smallest absolute Gasteiger partial charge is 0.272 e. The van der Waals surface area contributed by atoms with Gasteiger partial charge in [-0.1, -0.05) is 12.1 Å². The minimum Gasteiger partial charge on any atom is -0.489 e. The fourth-order valence-electron chi connectivity index (χ4n) is 1.87. The van der Waals surface area contributed by atoms with Crippen LogP contribution in [0.3, 0.4) is 0 Å². The maximum absolute atomic E-state index is 10.9. The van der Waals surface area contributed by atoms with Crippen molar-refractivity contribution in [3.8, 4) is 5.75 Å². The van der Waals surface area contributed by atoms with Crippen molar-refractivity contribution in [1.82, 2.24) is 0 Å². The molecule has 2 aromatic carbocycles. The zero-order valence-corrected chi connectivity index (χ0v) is 13.4. The van der Waals surface area contributed by atoms with E-state index in [0.29, 0.717) is 17.9 Å². The third kappa shape index (κ3) is 3.47. The molecule has 0 amide bonds. The summed E-state index contributed by atoms with van der Waals surface area (Å²) >= 11 is 2.25. The summed E-state index contributed by atoms with van der Waals surface area (Å²) in [5.74, 6) is 0.687. The number of nitrogens with zero attached hydrogens (tertiary/aromatic N) is 1. The van der Waals surface area contributed by atoms with Crippen LogP contribution in [0.25, 0.3) is 0 Å². The molecular weight excluding hydrogens is 369 g/mol. The van der Waals surface area contributed by atoms with Crippen molar-refractivity contribution in [3.05, 3.63) is 66.8 Å². The minimum atomic E-state index is -0.370. The Hall–Kier alpha value is -1.63. The molecule has 2 rings (SSSR count). The molecule has 0 aliphatic rings. The molecule has 4 nitrogen and oxygen atoms in total. The lowest BCUT2D eigenvalue weighted by atomic mass is 10.1. The molecule has 0 fully saturated rings. The number of hydrogen-bond donors (Lipinski definition) is 0. The molecule has 104 valence electrons. The maximum atomic E-state index is 10.9. The molecule has 0 atom stereocenters. The van der Waals surface area contributed by atoms with Gasteiger partial charge in [-0.3, -0.25) is 10.1 Å². The second-order valence-corrected chi connectivity index (χ2v) is 5.82. The van der Waals surface area contributed by atoms with Gasteiger partial charge in [0.25, 0.3) is 5.69 Å². The molecule has 20 heavy (non-hydrogen) atoms. The normalized spacial score (nSPS) is 10.3. The molecule has 0 N–H and O–H groups in total. The van der Waals surface area contributed by atoms with E-state index in [-0.39, 0.29) is 10.6 Å². The largest absolute Gasteiger partial charge is 0.489 e. The highest BCUT2D eigenvalue weighted by Crippen LogP contribution is 2.28. The van der Waals surface area contributed by atoms with Crippen LogP contribution in [0.15, 0.2) is 36.4 Å². The van der Waals surface area contributed by atoms with Gasteiger partial charge in [0.15, 0.2) is 0 Å². The second-order valence-electron chi connectivity index (χ2n) is 4.58. The molecule has 0 aliphatic carbocycles. The van der Waals surface area contributed by atoms with E-state index in [0.717, 1.165) is 11.1 Å². The summed E-state index contributed by atoms with van der Waals surface area (Å²) in [6.45, 7) is 3.99. The Labute approximate surface area is 131 Å². The van der Waals surface area contributed by atoms with E-state index in [9.17, 15) is 10.1 Å². The molecule has 0 aromatic heterocycles. The van der Waals surface area contributed by atoms with Crippen molar-refractivity contribution in [2.24, 2.45) is 0 Å². The first-order valence-electron chi connectivity index (χ1n) is 6.10. The first-order chi connectivity index (χ1) is 9.47. The van der Waals surface area contributed by atoms with E-state index in [1.54, 1.807) is 19.1 Å². The molecule has 0 saturated heterocycles. The molecule has 0 bridgehead atoms. The predicted octanol–water partition coefficient (Wildman–Crippen LogP) is 4.40. The van der Waals surface area contributed by atoms with Gasteiger partial charge in [-0.25, -0.2) is 0 Å². The summed E-state index contributed by atoms with van der Waals surface area (Å²) in [5, 5.41) is 10.9. The molecule has 0 radical (unpaired) electrons. The fraction of sp³-hybridized carbons (Fsp3) is 0.200. The molecule has 5 heteroatoms. The second kappa shape index (κ2) is 6.21. The quantitative estimate of drug-likeness (QED) is 0.447. The molecule has 0 saturated carbocycles. The van der Waals surface area contributed by atoms with Crippen molar-refractivity contribution in [1.29, 1.82) is 0 Å². The van der Waals surface area contributed by atoms with E-state index in [1.165, 1.54) is 3.57 Å². The van der Waals surface area contributed by atoms with Crippen LogP contribution < -0.4 is 4.74 Å². The summed E-state index contributed by atoms with van der Waals surface area (Å²) in [4.78, 5) is 10.5. The highest BCUT2D eigenvalue weighted by molar-refractivity contribution is 14.1. The zero-order valence-electron chi connectivity index (χ0n) is 11.2. The summed E-state index contributed by atoms with van der Waals surface area (Å²) in [7, 11) is 0. The standard InChI is InChI=1S/C15H14INO3/c1-10-8-15(11(2)7-14(10)17(18)19)20-9-12-3-5-13(16)6-4-12/h3-8H,9H2,1-2H3. The molecular formula is C15H14INO3. The Morgan fingerprint density at radius 1 is 1.15 bits per heavy atom. The maximum Gasteiger partial charge on any atom is 0.272 e. The van der Waals surface area contributed by atoms with Crippen LogP contribution in [-0.4, -0.2) is 4.92 Å². The molecule has 0 aliphatic heterocycles. The van der Waals surface area contributed by atoms with Gasteiger partial charge in [-0.15, -0.1) is 0 Å². The lowest BCUT2D eigenvalue weighted by Crippen LogP contribution is -1.99. The van der Waals surface area contributed by atoms with Gasteiger partial charge in [0.1, 0.15) is 12.4 Å². The third-order valence-electron chi connectivity index (χ3n) is 3.00. The summed E-state index contributed by atoms with van der Waals surface area (Å²) in [6.07, 6.45) is 0. The average Bonchev–Trinajstić information content (AvgIpc) is 2.41. The van der Waals surface area contributed by atoms with Gasteiger partial charge >= 0.3 is 0 Å². The monoisotopic (exact) mass is 383 g/mol.